The van der Waals surface area contributed by atoms with Crippen LogP contribution in [0.15, 0.2) is 64.6 Å². The molecule has 0 N–H and O–H groups in total. The number of amides is 1. The third kappa shape index (κ3) is 4.44. The maximum Gasteiger partial charge on any atom is 0.286 e. The van der Waals surface area contributed by atoms with E-state index in [-0.39, 0.29) is 5.91 Å². The van der Waals surface area contributed by atoms with Crippen LogP contribution in [0.25, 0.3) is 23.0 Å². The smallest absolute Gasteiger partial charge is 0.286 e. The van der Waals surface area contributed by atoms with Gasteiger partial charge in [-0.15, -0.1) is 0 Å². The average Bonchev–Trinajstić information content (AvgIpc) is 3.48. The van der Waals surface area contributed by atoms with Crippen molar-refractivity contribution < 1.29 is 19.0 Å². The van der Waals surface area contributed by atoms with Crippen LogP contribution in [0.3, 0.4) is 0 Å². The van der Waals surface area contributed by atoms with Gasteiger partial charge >= 0.3 is 0 Å². The molecule has 2 aliphatic rings. The van der Waals surface area contributed by atoms with Gasteiger partial charge in [0.15, 0.2) is 16.7 Å². The average molecular weight is 477 g/mol. The molecule has 0 bridgehead atoms. The first-order chi connectivity index (χ1) is 16.7. The van der Waals surface area contributed by atoms with Crippen molar-refractivity contribution in [3.8, 4) is 28.4 Å². The second-order valence-electron chi connectivity index (χ2n) is 7.69. The minimum atomic E-state index is -0.239. The van der Waals surface area contributed by atoms with E-state index in [1.54, 1.807) is 14.2 Å². The van der Waals surface area contributed by atoms with E-state index in [0.29, 0.717) is 29.6 Å². The van der Waals surface area contributed by atoms with Gasteiger partial charge in [0.05, 0.1) is 38.0 Å². The first kappa shape index (κ1) is 22.2. The summed E-state index contributed by atoms with van der Waals surface area (Å²) < 4.78 is 18.1. The van der Waals surface area contributed by atoms with Crippen LogP contribution in [-0.2, 0) is 9.53 Å². The van der Waals surface area contributed by atoms with Crippen LogP contribution in [0.4, 0.5) is 0 Å². The van der Waals surface area contributed by atoms with Crippen LogP contribution in [0, 0.1) is 0 Å². The zero-order chi connectivity index (χ0) is 23.5. The lowest BCUT2D eigenvalue weighted by atomic mass is 10.1. The Kier molecular flexibility index (Phi) is 6.37. The van der Waals surface area contributed by atoms with Crippen molar-refractivity contribution in [1.82, 2.24) is 14.7 Å². The molecule has 1 saturated heterocycles. The highest BCUT2D eigenvalue weighted by Gasteiger charge is 2.28. The monoisotopic (exact) mass is 476 g/mol. The molecule has 0 saturated carbocycles. The lowest BCUT2D eigenvalue weighted by Gasteiger charge is -2.27. The molecule has 2 aliphatic heterocycles. The van der Waals surface area contributed by atoms with E-state index in [1.807, 2.05) is 65.5 Å². The molecule has 0 radical (unpaired) electrons. The Morgan fingerprint density at radius 3 is 2.53 bits per heavy atom. The van der Waals surface area contributed by atoms with Gasteiger partial charge in [0, 0.05) is 30.4 Å². The van der Waals surface area contributed by atoms with Crippen LogP contribution in [0.5, 0.6) is 11.5 Å². The van der Waals surface area contributed by atoms with Crippen LogP contribution < -0.4 is 9.47 Å². The summed E-state index contributed by atoms with van der Waals surface area (Å²) in [4.78, 5) is 19.7. The molecule has 174 valence electrons. The molecular formula is C25H24N4O4S. The number of hydrogen-bond donors (Lipinski definition) is 0. The zero-order valence-corrected chi connectivity index (χ0v) is 19.7. The summed E-state index contributed by atoms with van der Waals surface area (Å²) in [6.07, 6.45) is 3.79. The minimum Gasteiger partial charge on any atom is -0.493 e. The second-order valence-corrected chi connectivity index (χ2v) is 8.70. The Morgan fingerprint density at radius 2 is 1.79 bits per heavy atom. The van der Waals surface area contributed by atoms with Gasteiger partial charge in [-0.05, 0) is 48.2 Å². The van der Waals surface area contributed by atoms with Crippen molar-refractivity contribution in [3.63, 3.8) is 0 Å². The molecule has 1 amide bonds. The number of aromatic nitrogens is 2. The SMILES string of the molecule is COc1ccc(-c2nn(-c3ccccc3)cc2/C=C2\SC(N3CCOCC3)=NC2=O)cc1OC. The highest BCUT2D eigenvalue weighted by atomic mass is 32.2. The molecule has 34 heavy (non-hydrogen) atoms. The number of thioether (sulfide) groups is 1. The van der Waals surface area contributed by atoms with Crippen molar-refractivity contribution in [3.05, 3.63) is 65.2 Å². The van der Waals surface area contributed by atoms with Crippen molar-refractivity contribution in [2.75, 3.05) is 40.5 Å². The van der Waals surface area contributed by atoms with E-state index in [1.165, 1.54) is 11.8 Å². The van der Waals surface area contributed by atoms with E-state index < -0.39 is 0 Å². The van der Waals surface area contributed by atoms with Crippen LogP contribution in [0.1, 0.15) is 5.56 Å². The molecule has 0 unspecified atom stereocenters. The number of amidine groups is 1. The number of carbonyl (C=O) groups is 1. The largest absolute Gasteiger partial charge is 0.493 e. The third-order valence-electron chi connectivity index (χ3n) is 5.60. The fraction of sp³-hybridized carbons (Fsp3) is 0.240. The Balaban J connectivity index is 1.54. The van der Waals surface area contributed by atoms with E-state index in [0.717, 1.165) is 40.8 Å². The molecule has 3 heterocycles. The lowest BCUT2D eigenvalue weighted by Crippen LogP contribution is -2.38. The molecule has 8 nitrogen and oxygen atoms in total. The Bertz CT molecular complexity index is 1260. The molecular weight excluding hydrogens is 452 g/mol. The lowest BCUT2D eigenvalue weighted by molar-refractivity contribution is -0.113. The van der Waals surface area contributed by atoms with Gasteiger partial charge in [0.2, 0.25) is 0 Å². The van der Waals surface area contributed by atoms with E-state index in [9.17, 15) is 4.79 Å². The molecule has 0 atom stereocenters. The van der Waals surface area contributed by atoms with Gasteiger partial charge in [-0.25, -0.2) is 4.68 Å². The number of morpholine rings is 1. The highest BCUT2D eigenvalue weighted by Crippen LogP contribution is 2.36. The summed E-state index contributed by atoms with van der Waals surface area (Å²) in [6.45, 7) is 2.74. The van der Waals surface area contributed by atoms with Crippen LogP contribution >= 0.6 is 11.8 Å². The summed E-state index contributed by atoms with van der Waals surface area (Å²) in [7, 11) is 3.21. The molecule has 9 heteroatoms. The predicted octanol–water partition coefficient (Wildman–Crippen LogP) is 3.86. The van der Waals surface area contributed by atoms with Crippen LogP contribution in [-0.4, -0.2) is 66.3 Å². The summed E-state index contributed by atoms with van der Waals surface area (Å²) >= 11 is 1.39. The van der Waals surface area contributed by atoms with Gasteiger partial charge in [-0.1, -0.05) is 18.2 Å². The Labute approximate surface area is 201 Å². The van der Waals surface area contributed by atoms with E-state index >= 15 is 0 Å². The van der Waals surface area contributed by atoms with Crippen molar-refractivity contribution in [2.24, 2.45) is 4.99 Å². The normalized spacial score (nSPS) is 17.2. The van der Waals surface area contributed by atoms with Gasteiger partial charge in [-0.2, -0.15) is 10.1 Å². The minimum absolute atomic E-state index is 0.239. The number of nitrogens with zero attached hydrogens (tertiary/aromatic N) is 4. The van der Waals surface area contributed by atoms with Gasteiger partial charge < -0.3 is 19.1 Å². The Morgan fingerprint density at radius 1 is 1.03 bits per heavy atom. The summed E-state index contributed by atoms with van der Waals surface area (Å²) in [5, 5.41) is 5.57. The number of para-hydroxylation sites is 1. The number of methoxy groups -OCH3 is 2. The number of benzene rings is 2. The quantitative estimate of drug-likeness (QED) is 0.518. The van der Waals surface area contributed by atoms with Crippen LogP contribution in [0.2, 0.25) is 0 Å². The van der Waals surface area contributed by atoms with E-state index in [2.05, 4.69) is 9.89 Å². The van der Waals surface area contributed by atoms with E-state index in [4.69, 9.17) is 19.3 Å². The number of carbonyl (C=O) groups excluding carboxylic acids is 1. The Hall–Kier alpha value is -3.56. The molecule has 2 aromatic carbocycles. The molecule has 3 aromatic rings. The topological polar surface area (TPSA) is 78.2 Å². The number of rotatable bonds is 5. The van der Waals surface area contributed by atoms with Gasteiger partial charge in [0.1, 0.15) is 5.69 Å². The fourth-order valence-corrected chi connectivity index (χ4v) is 4.80. The molecule has 1 aromatic heterocycles. The number of aliphatic imine (C=N–C) groups is 1. The molecule has 0 aliphatic carbocycles. The first-order valence-corrected chi connectivity index (χ1v) is 11.7. The standard InChI is InChI=1S/C25H24N4O4S/c1-31-20-9-8-17(14-21(20)32-2)23-18(16-29(27-23)19-6-4-3-5-7-19)15-22-24(30)26-25(34-22)28-10-12-33-13-11-28/h3-9,14-16H,10-13H2,1-2H3/b22-15-. The van der Waals surface area contributed by atoms with Crippen molar-refractivity contribution in [2.45, 2.75) is 0 Å². The fourth-order valence-electron chi connectivity index (χ4n) is 3.84. The third-order valence-corrected chi connectivity index (χ3v) is 6.64. The van der Waals surface area contributed by atoms with Gasteiger partial charge in [0.25, 0.3) is 5.91 Å². The summed E-state index contributed by atoms with van der Waals surface area (Å²) in [5.74, 6) is 1.01. The predicted molar refractivity (Wildman–Crippen MR) is 133 cm³/mol. The summed E-state index contributed by atoms with van der Waals surface area (Å²) in [5.41, 5.74) is 3.31. The number of ether oxygens (including phenoxy) is 3. The maximum atomic E-state index is 12.7. The second kappa shape index (κ2) is 9.74. The highest BCUT2D eigenvalue weighted by molar-refractivity contribution is 8.18. The molecule has 1 fully saturated rings. The first-order valence-electron chi connectivity index (χ1n) is 10.9. The van der Waals surface area contributed by atoms with Gasteiger partial charge in [-0.3, -0.25) is 4.79 Å². The number of hydrogen-bond acceptors (Lipinski definition) is 7. The van der Waals surface area contributed by atoms with Crippen molar-refractivity contribution >= 4 is 28.9 Å². The molecule has 5 rings (SSSR count). The zero-order valence-electron chi connectivity index (χ0n) is 18.9. The van der Waals surface area contributed by atoms with Crippen molar-refractivity contribution in [1.29, 1.82) is 0 Å². The maximum absolute atomic E-state index is 12.7. The molecule has 0 spiro atoms. The summed E-state index contributed by atoms with van der Waals surface area (Å²) in [6, 6.07) is 15.5.